The molecule has 4 unspecified atom stereocenters. The molecule has 0 aromatic heterocycles. The summed E-state index contributed by atoms with van der Waals surface area (Å²) in [5.74, 6) is -3.15. The molecule has 2 aromatic rings. The molecule has 3 fully saturated rings. The average molecular weight is 546 g/mol. The minimum atomic E-state index is -1.42. The summed E-state index contributed by atoms with van der Waals surface area (Å²) in [7, 11) is 1.58. The van der Waals surface area contributed by atoms with Crippen LogP contribution in [0.5, 0.6) is 0 Å². The maximum atomic E-state index is 14.8. The van der Waals surface area contributed by atoms with Crippen molar-refractivity contribution in [2.24, 2.45) is 5.41 Å². The van der Waals surface area contributed by atoms with Gasteiger partial charge in [0.05, 0.1) is 16.6 Å². The Morgan fingerprint density at radius 1 is 1.21 bits per heavy atom. The Kier molecular flexibility index (Phi) is 6.03. The first kappa shape index (κ1) is 27.0. The van der Waals surface area contributed by atoms with Gasteiger partial charge in [-0.1, -0.05) is 44.5 Å². The molecule has 6 nitrogen and oxygen atoms in total. The number of halogens is 3. The number of anilines is 1. The van der Waals surface area contributed by atoms with E-state index in [0.717, 1.165) is 18.4 Å². The van der Waals surface area contributed by atoms with E-state index in [9.17, 15) is 23.5 Å². The van der Waals surface area contributed by atoms with Crippen molar-refractivity contribution in [2.45, 2.75) is 81.0 Å². The van der Waals surface area contributed by atoms with E-state index in [1.165, 1.54) is 0 Å². The Hall–Kier alpha value is -2.55. The van der Waals surface area contributed by atoms with E-state index in [0.29, 0.717) is 29.8 Å². The highest BCUT2D eigenvalue weighted by atomic mass is 35.5. The van der Waals surface area contributed by atoms with Gasteiger partial charge in [0.2, 0.25) is 5.91 Å². The SMILES string of the molecule is CNc1cc(F)c(F)cc1C1(C=O)C(c2cccc(Cl)c2)C2(C(=O)NC3CC(C)(O)C3)NC21CC(C)(C)C. The highest BCUT2D eigenvalue weighted by molar-refractivity contribution is 6.30. The van der Waals surface area contributed by atoms with Gasteiger partial charge in [-0.3, -0.25) is 10.1 Å². The maximum Gasteiger partial charge on any atom is 0.243 e. The van der Waals surface area contributed by atoms with Crippen LogP contribution in [0, 0.1) is 17.0 Å². The van der Waals surface area contributed by atoms with Crippen molar-refractivity contribution >= 4 is 29.5 Å². The summed E-state index contributed by atoms with van der Waals surface area (Å²) in [4.78, 5) is 27.5. The average Bonchev–Trinajstić information content (AvgIpc) is 3.37. The van der Waals surface area contributed by atoms with Gasteiger partial charge in [-0.25, -0.2) is 8.78 Å². The third-order valence-electron chi connectivity index (χ3n) is 8.62. The summed E-state index contributed by atoms with van der Waals surface area (Å²) in [6, 6.07) is 8.89. The van der Waals surface area contributed by atoms with E-state index >= 15 is 0 Å². The van der Waals surface area contributed by atoms with Gasteiger partial charge < -0.3 is 20.5 Å². The van der Waals surface area contributed by atoms with Crippen LogP contribution < -0.4 is 16.0 Å². The fourth-order valence-electron chi connectivity index (χ4n) is 7.39. The van der Waals surface area contributed by atoms with Crippen LogP contribution in [0.2, 0.25) is 5.02 Å². The van der Waals surface area contributed by atoms with Gasteiger partial charge in [0.15, 0.2) is 11.6 Å². The van der Waals surface area contributed by atoms with Crippen molar-refractivity contribution in [1.29, 1.82) is 0 Å². The van der Waals surface area contributed by atoms with Gasteiger partial charge in [-0.15, -0.1) is 0 Å². The summed E-state index contributed by atoms with van der Waals surface area (Å²) < 4.78 is 29.2. The van der Waals surface area contributed by atoms with Gasteiger partial charge >= 0.3 is 0 Å². The smallest absolute Gasteiger partial charge is 0.243 e. The second kappa shape index (κ2) is 8.47. The first-order valence-corrected chi connectivity index (χ1v) is 13.3. The Labute approximate surface area is 226 Å². The predicted octanol–water partition coefficient (Wildman–Crippen LogP) is 4.44. The molecule has 1 amide bonds. The standard InChI is InChI=1S/C29H34ClF2N3O3/c1-25(2,3)14-28-27(15-36,19-10-20(31)21(32)11-22(19)33-5)23(16-7-6-8-17(30)9-16)29(28,35-28)24(37)34-18-12-26(4,38)13-18/h6-11,15,18,23,33,35,38H,12-14H2,1-5H3,(H,34,37). The summed E-state index contributed by atoms with van der Waals surface area (Å²) in [6.45, 7) is 7.77. The van der Waals surface area contributed by atoms with E-state index in [1.807, 2.05) is 20.8 Å². The van der Waals surface area contributed by atoms with Crippen molar-refractivity contribution in [3.8, 4) is 0 Å². The molecular formula is C29H34ClF2N3O3. The minimum absolute atomic E-state index is 0.205. The number of hydrogen-bond acceptors (Lipinski definition) is 5. The second-order valence-electron chi connectivity index (χ2n) is 12.7. The maximum absolute atomic E-state index is 14.8. The van der Waals surface area contributed by atoms with Crippen molar-refractivity contribution in [3.05, 3.63) is 64.2 Å². The number of fused-ring (bicyclic) bond motifs is 1. The topological polar surface area (TPSA) is 100 Å². The molecule has 1 aliphatic heterocycles. The molecule has 1 heterocycles. The van der Waals surface area contributed by atoms with E-state index in [-0.39, 0.29) is 28.6 Å². The molecule has 3 aliphatic rings. The number of benzene rings is 2. The van der Waals surface area contributed by atoms with E-state index in [4.69, 9.17) is 11.6 Å². The lowest BCUT2D eigenvalue weighted by atomic mass is 9.41. The monoisotopic (exact) mass is 545 g/mol. The van der Waals surface area contributed by atoms with E-state index < -0.39 is 39.6 Å². The quantitative estimate of drug-likeness (QED) is 0.304. The number of aliphatic hydroxyl groups is 1. The molecule has 2 aromatic carbocycles. The molecule has 204 valence electrons. The number of aldehydes is 1. The van der Waals surface area contributed by atoms with Gasteiger partial charge in [0, 0.05) is 35.8 Å². The number of rotatable bonds is 7. The highest BCUT2D eigenvalue weighted by Gasteiger charge is 2.95. The summed E-state index contributed by atoms with van der Waals surface area (Å²) >= 11 is 6.37. The third kappa shape index (κ3) is 3.63. The molecule has 0 bridgehead atoms. The Bertz CT molecular complexity index is 1320. The fraction of sp³-hybridized carbons (Fsp3) is 0.517. The predicted molar refractivity (Wildman–Crippen MR) is 142 cm³/mol. The van der Waals surface area contributed by atoms with Gasteiger partial charge in [0.1, 0.15) is 11.8 Å². The fourth-order valence-corrected chi connectivity index (χ4v) is 7.59. The van der Waals surface area contributed by atoms with Crippen LogP contribution in [-0.2, 0) is 15.0 Å². The molecule has 2 saturated carbocycles. The largest absolute Gasteiger partial charge is 0.390 e. The van der Waals surface area contributed by atoms with Crippen molar-refractivity contribution < 1.29 is 23.5 Å². The van der Waals surface area contributed by atoms with E-state index in [2.05, 4.69) is 16.0 Å². The number of amides is 1. The van der Waals surface area contributed by atoms with Crippen LogP contribution in [0.4, 0.5) is 14.5 Å². The molecule has 5 rings (SSSR count). The van der Waals surface area contributed by atoms with Crippen LogP contribution in [-0.4, -0.2) is 47.1 Å². The van der Waals surface area contributed by atoms with Crippen molar-refractivity contribution in [2.75, 3.05) is 12.4 Å². The molecule has 4 atom stereocenters. The highest BCUT2D eigenvalue weighted by Crippen LogP contribution is 2.77. The molecule has 4 N–H and O–H groups in total. The molecule has 1 saturated heterocycles. The first-order chi connectivity index (χ1) is 17.7. The van der Waals surface area contributed by atoms with Crippen molar-refractivity contribution in [3.63, 3.8) is 0 Å². The molecule has 0 radical (unpaired) electrons. The molecular weight excluding hydrogens is 512 g/mol. The molecule has 2 aliphatic carbocycles. The Balaban J connectivity index is 1.73. The van der Waals surface area contributed by atoms with Crippen LogP contribution in [0.25, 0.3) is 0 Å². The summed E-state index contributed by atoms with van der Waals surface area (Å²) in [6.07, 6.45) is 2.05. The zero-order valence-corrected chi connectivity index (χ0v) is 23.0. The van der Waals surface area contributed by atoms with Gasteiger partial charge in [-0.2, -0.15) is 0 Å². The molecule has 0 spiro atoms. The normalized spacial score (nSPS) is 35.4. The van der Waals surface area contributed by atoms with Crippen LogP contribution in [0.15, 0.2) is 36.4 Å². The number of carbonyl (C=O) groups is 2. The third-order valence-corrected chi connectivity index (χ3v) is 8.86. The van der Waals surface area contributed by atoms with Crippen LogP contribution in [0.3, 0.4) is 0 Å². The zero-order valence-electron chi connectivity index (χ0n) is 22.2. The Morgan fingerprint density at radius 3 is 2.42 bits per heavy atom. The number of carbonyl (C=O) groups excluding carboxylic acids is 2. The van der Waals surface area contributed by atoms with Gasteiger partial charge in [-0.05, 0) is 60.9 Å². The van der Waals surface area contributed by atoms with Crippen LogP contribution >= 0.6 is 11.6 Å². The van der Waals surface area contributed by atoms with Gasteiger partial charge in [0.25, 0.3) is 0 Å². The number of hydrogen-bond donors (Lipinski definition) is 4. The molecule has 38 heavy (non-hydrogen) atoms. The summed E-state index contributed by atoms with van der Waals surface area (Å²) in [5.41, 5.74) is -3.65. The molecule has 9 heteroatoms. The lowest BCUT2D eigenvalue weighted by Gasteiger charge is -2.57. The lowest BCUT2D eigenvalue weighted by Crippen LogP contribution is -2.72. The lowest BCUT2D eigenvalue weighted by molar-refractivity contribution is -0.135. The van der Waals surface area contributed by atoms with Crippen molar-refractivity contribution in [1.82, 2.24) is 10.6 Å². The first-order valence-electron chi connectivity index (χ1n) is 12.9. The minimum Gasteiger partial charge on any atom is -0.390 e. The Morgan fingerprint density at radius 2 is 1.87 bits per heavy atom. The van der Waals surface area contributed by atoms with E-state index in [1.54, 1.807) is 38.2 Å². The summed E-state index contributed by atoms with van der Waals surface area (Å²) in [5, 5.41) is 20.1. The van der Waals surface area contributed by atoms with Crippen LogP contribution in [0.1, 0.15) is 64.0 Å². The number of nitrogens with one attached hydrogen (secondary N) is 3. The second-order valence-corrected chi connectivity index (χ2v) is 13.1. The zero-order chi connectivity index (χ0) is 27.9.